The summed E-state index contributed by atoms with van der Waals surface area (Å²) in [4.78, 5) is 0. The van der Waals surface area contributed by atoms with Crippen molar-refractivity contribution in [2.75, 3.05) is 20.3 Å². The van der Waals surface area contributed by atoms with Gasteiger partial charge in [-0.25, -0.2) is 0 Å². The van der Waals surface area contributed by atoms with E-state index in [0.29, 0.717) is 0 Å². The normalized spacial score (nSPS) is 10.5. The number of rotatable bonds is 9. The molecule has 2 aromatic carbocycles. The highest BCUT2D eigenvalue weighted by Crippen LogP contribution is 2.24. The third-order valence-corrected chi connectivity index (χ3v) is 3.60. The second kappa shape index (κ2) is 9.11. The van der Waals surface area contributed by atoms with Crippen molar-refractivity contribution in [2.24, 2.45) is 0 Å². The van der Waals surface area contributed by atoms with Crippen molar-refractivity contribution in [3.8, 4) is 22.6 Å². The number of aliphatic hydroxyl groups is 1. The zero-order chi connectivity index (χ0) is 15.6. The van der Waals surface area contributed by atoms with Crippen molar-refractivity contribution >= 4 is 0 Å². The number of hydrogen-bond acceptors (Lipinski definition) is 3. The van der Waals surface area contributed by atoms with E-state index in [0.717, 1.165) is 54.9 Å². The molecule has 0 saturated carbocycles. The summed E-state index contributed by atoms with van der Waals surface area (Å²) in [5.74, 6) is 1.77. The van der Waals surface area contributed by atoms with Gasteiger partial charge in [-0.05, 0) is 54.7 Å². The molecule has 0 aliphatic carbocycles. The maximum absolute atomic E-state index is 8.71. The maximum Gasteiger partial charge on any atom is 0.119 e. The molecule has 0 saturated heterocycles. The lowest BCUT2D eigenvalue weighted by molar-refractivity contribution is 0.273. The molecule has 0 amide bonds. The van der Waals surface area contributed by atoms with Crippen LogP contribution < -0.4 is 9.47 Å². The monoisotopic (exact) mass is 300 g/mol. The molecule has 0 aromatic heterocycles. The SMILES string of the molecule is COc1ccc(-c2ccc(OCCCCCCO)cc2)cc1. The molecule has 22 heavy (non-hydrogen) atoms. The van der Waals surface area contributed by atoms with E-state index < -0.39 is 0 Å². The van der Waals surface area contributed by atoms with Crippen LogP contribution in [0.25, 0.3) is 11.1 Å². The molecule has 118 valence electrons. The Kier molecular flexibility index (Phi) is 6.78. The summed E-state index contributed by atoms with van der Waals surface area (Å²) >= 11 is 0. The van der Waals surface area contributed by atoms with Crippen molar-refractivity contribution < 1.29 is 14.6 Å². The lowest BCUT2D eigenvalue weighted by atomic mass is 10.1. The average Bonchev–Trinajstić information content (AvgIpc) is 2.59. The molecule has 0 fully saturated rings. The smallest absolute Gasteiger partial charge is 0.119 e. The summed E-state index contributed by atoms with van der Waals surface area (Å²) in [7, 11) is 1.67. The molecule has 0 spiro atoms. The number of ether oxygens (including phenoxy) is 2. The molecule has 2 aromatic rings. The van der Waals surface area contributed by atoms with Crippen molar-refractivity contribution in [3.05, 3.63) is 48.5 Å². The van der Waals surface area contributed by atoms with Gasteiger partial charge in [-0.1, -0.05) is 30.7 Å². The van der Waals surface area contributed by atoms with Gasteiger partial charge in [0.2, 0.25) is 0 Å². The summed E-state index contributed by atoms with van der Waals surface area (Å²) in [6.45, 7) is 1.01. The predicted octanol–water partition coefficient (Wildman–Crippen LogP) is 4.29. The van der Waals surface area contributed by atoms with Crippen LogP contribution in [0.5, 0.6) is 11.5 Å². The number of aliphatic hydroxyl groups excluding tert-OH is 1. The third-order valence-electron chi connectivity index (χ3n) is 3.60. The molecule has 3 heteroatoms. The first-order valence-electron chi connectivity index (χ1n) is 7.81. The minimum absolute atomic E-state index is 0.285. The third kappa shape index (κ3) is 5.08. The summed E-state index contributed by atoms with van der Waals surface area (Å²) in [5, 5.41) is 8.71. The van der Waals surface area contributed by atoms with Crippen LogP contribution in [-0.2, 0) is 0 Å². The van der Waals surface area contributed by atoms with E-state index in [-0.39, 0.29) is 6.61 Å². The van der Waals surface area contributed by atoms with Crippen LogP contribution in [0.15, 0.2) is 48.5 Å². The molecule has 0 aliphatic rings. The van der Waals surface area contributed by atoms with Crippen LogP contribution in [0.3, 0.4) is 0 Å². The minimum atomic E-state index is 0.285. The first kappa shape index (κ1) is 16.4. The second-order valence-corrected chi connectivity index (χ2v) is 5.24. The van der Waals surface area contributed by atoms with Crippen LogP contribution in [-0.4, -0.2) is 25.4 Å². The fourth-order valence-electron chi connectivity index (χ4n) is 2.28. The molecule has 0 aliphatic heterocycles. The zero-order valence-electron chi connectivity index (χ0n) is 13.1. The molecule has 0 bridgehead atoms. The van der Waals surface area contributed by atoms with Crippen molar-refractivity contribution in [1.82, 2.24) is 0 Å². The lowest BCUT2D eigenvalue weighted by Crippen LogP contribution is -1.97. The number of methoxy groups -OCH3 is 1. The Hall–Kier alpha value is -2.00. The Morgan fingerprint density at radius 3 is 1.82 bits per heavy atom. The highest BCUT2D eigenvalue weighted by atomic mass is 16.5. The summed E-state index contributed by atoms with van der Waals surface area (Å²) in [6.07, 6.45) is 4.08. The lowest BCUT2D eigenvalue weighted by Gasteiger charge is -2.08. The Bertz CT molecular complexity index is 532. The van der Waals surface area contributed by atoms with Crippen molar-refractivity contribution in [3.63, 3.8) is 0 Å². The van der Waals surface area contributed by atoms with Gasteiger partial charge in [0, 0.05) is 6.61 Å². The Morgan fingerprint density at radius 2 is 1.27 bits per heavy atom. The average molecular weight is 300 g/mol. The zero-order valence-corrected chi connectivity index (χ0v) is 13.1. The van der Waals surface area contributed by atoms with Gasteiger partial charge in [0.25, 0.3) is 0 Å². The highest BCUT2D eigenvalue weighted by molar-refractivity contribution is 5.64. The Labute approximate surface area is 132 Å². The number of benzene rings is 2. The molecule has 0 radical (unpaired) electrons. The maximum atomic E-state index is 8.71. The van der Waals surface area contributed by atoms with Gasteiger partial charge >= 0.3 is 0 Å². The number of hydrogen-bond donors (Lipinski definition) is 1. The van der Waals surface area contributed by atoms with Gasteiger partial charge in [-0.15, -0.1) is 0 Å². The van der Waals surface area contributed by atoms with E-state index in [1.165, 1.54) is 0 Å². The summed E-state index contributed by atoms with van der Waals surface area (Å²) < 4.78 is 10.9. The van der Waals surface area contributed by atoms with Crippen LogP contribution in [0, 0.1) is 0 Å². The molecule has 3 nitrogen and oxygen atoms in total. The largest absolute Gasteiger partial charge is 0.497 e. The molecule has 1 N–H and O–H groups in total. The molecule has 0 atom stereocenters. The van der Waals surface area contributed by atoms with Gasteiger partial charge in [-0.2, -0.15) is 0 Å². The molecular formula is C19H24O3. The first-order chi connectivity index (χ1) is 10.8. The minimum Gasteiger partial charge on any atom is -0.497 e. The van der Waals surface area contributed by atoms with E-state index in [1.54, 1.807) is 7.11 Å². The van der Waals surface area contributed by atoms with Gasteiger partial charge in [0.05, 0.1) is 13.7 Å². The van der Waals surface area contributed by atoms with Crippen molar-refractivity contribution in [1.29, 1.82) is 0 Å². The molecular weight excluding hydrogens is 276 g/mol. The topological polar surface area (TPSA) is 38.7 Å². The van der Waals surface area contributed by atoms with E-state index in [4.69, 9.17) is 14.6 Å². The van der Waals surface area contributed by atoms with Gasteiger partial charge in [0.1, 0.15) is 11.5 Å². The predicted molar refractivity (Wildman–Crippen MR) is 89.5 cm³/mol. The van der Waals surface area contributed by atoms with E-state index in [1.807, 2.05) is 24.3 Å². The fourth-order valence-corrected chi connectivity index (χ4v) is 2.28. The van der Waals surface area contributed by atoms with Crippen LogP contribution in [0.1, 0.15) is 25.7 Å². The summed E-state index contributed by atoms with van der Waals surface area (Å²) in [5.41, 5.74) is 2.33. The van der Waals surface area contributed by atoms with E-state index in [9.17, 15) is 0 Å². The van der Waals surface area contributed by atoms with E-state index >= 15 is 0 Å². The van der Waals surface area contributed by atoms with Crippen LogP contribution in [0.2, 0.25) is 0 Å². The molecule has 0 heterocycles. The standard InChI is InChI=1S/C19H24O3/c1-21-18-10-6-16(7-11-18)17-8-12-19(13-9-17)22-15-5-3-2-4-14-20/h6-13,20H,2-5,14-15H2,1H3. The molecule has 2 rings (SSSR count). The van der Waals surface area contributed by atoms with Crippen LogP contribution >= 0.6 is 0 Å². The van der Waals surface area contributed by atoms with Gasteiger partial charge < -0.3 is 14.6 Å². The summed E-state index contributed by atoms with van der Waals surface area (Å²) in [6, 6.07) is 16.2. The van der Waals surface area contributed by atoms with Gasteiger partial charge in [-0.3, -0.25) is 0 Å². The van der Waals surface area contributed by atoms with Crippen molar-refractivity contribution in [2.45, 2.75) is 25.7 Å². The Morgan fingerprint density at radius 1 is 0.727 bits per heavy atom. The fraction of sp³-hybridized carbons (Fsp3) is 0.368. The Balaban J connectivity index is 1.82. The first-order valence-corrected chi connectivity index (χ1v) is 7.81. The number of unbranched alkanes of at least 4 members (excludes halogenated alkanes) is 3. The van der Waals surface area contributed by atoms with Gasteiger partial charge in [0.15, 0.2) is 0 Å². The van der Waals surface area contributed by atoms with Crippen LogP contribution in [0.4, 0.5) is 0 Å². The quantitative estimate of drug-likeness (QED) is 0.702. The molecule has 0 unspecified atom stereocenters. The van der Waals surface area contributed by atoms with E-state index in [2.05, 4.69) is 24.3 Å². The highest BCUT2D eigenvalue weighted by Gasteiger charge is 2.00. The second-order valence-electron chi connectivity index (χ2n) is 5.24.